The third kappa shape index (κ3) is 3.12. The molecule has 18 heavy (non-hydrogen) atoms. The molecule has 0 spiro atoms. The van der Waals surface area contributed by atoms with Crippen molar-refractivity contribution in [2.45, 2.75) is 19.4 Å². The van der Waals surface area contributed by atoms with Crippen molar-refractivity contribution in [3.8, 4) is 0 Å². The van der Waals surface area contributed by atoms with Crippen LogP contribution in [0.2, 0.25) is 5.02 Å². The molecule has 2 heterocycles. The van der Waals surface area contributed by atoms with E-state index in [1.807, 2.05) is 29.8 Å². The van der Waals surface area contributed by atoms with Crippen LogP contribution in [0.3, 0.4) is 0 Å². The summed E-state index contributed by atoms with van der Waals surface area (Å²) in [5.41, 5.74) is 0.982. The summed E-state index contributed by atoms with van der Waals surface area (Å²) in [6, 6.07) is 5.90. The lowest BCUT2D eigenvalue weighted by Crippen LogP contribution is -2.23. The highest BCUT2D eigenvalue weighted by atomic mass is 79.9. The molecule has 5 heteroatoms. The van der Waals surface area contributed by atoms with Crippen LogP contribution in [0.1, 0.15) is 30.0 Å². The average Bonchev–Trinajstić information content (AvgIpc) is 2.78. The van der Waals surface area contributed by atoms with Gasteiger partial charge in [0.1, 0.15) is 0 Å². The van der Waals surface area contributed by atoms with Crippen LogP contribution < -0.4 is 5.32 Å². The van der Waals surface area contributed by atoms with Crippen LogP contribution in [0.25, 0.3) is 0 Å². The molecule has 0 aliphatic rings. The fourth-order valence-electron chi connectivity index (χ4n) is 1.72. The predicted molar refractivity (Wildman–Crippen MR) is 81.4 cm³/mol. The zero-order valence-electron chi connectivity index (χ0n) is 9.99. The summed E-state index contributed by atoms with van der Waals surface area (Å²) in [5.74, 6) is 0. The first-order valence-corrected chi connectivity index (χ1v) is 7.85. The van der Waals surface area contributed by atoms with Crippen molar-refractivity contribution in [2.75, 3.05) is 6.54 Å². The number of hydrogen-bond donors (Lipinski definition) is 1. The van der Waals surface area contributed by atoms with E-state index in [9.17, 15) is 0 Å². The number of pyridine rings is 1. The monoisotopic (exact) mass is 344 g/mol. The lowest BCUT2D eigenvalue weighted by molar-refractivity contribution is 0.592. The largest absolute Gasteiger partial charge is 0.304 e. The molecule has 0 amide bonds. The third-order valence-electron chi connectivity index (χ3n) is 2.57. The maximum absolute atomic E-state index is 6.24. The molecule has 1 atom stereocenters. The van der Waals surface area contributed by atoms with Crippen molar-refractivity contribution in [1.29, 1.82) is 0 Å². The summed E-state index contributed by atoms with van der Waals surface area (Å²) < 4.78 is 1.00. The molecular formula is C13H14BrClN2S. The second-order valence-corrected chi connectivity index (χ2v) is 6.10. The van der Waals surface area contributed by atoms with Gasteiger partial charge in [-0.15, -0.1) is 11.3 Å². The van der Waals surface area contributed by atoms with Gasteiger partial charge in [0.15, 0.2) is 0 Å². The second kappa shape index (κ2) is 6.66. The molecule has 2 aromatic rings. The second-order valence-electron chi connectivity index (χ2n) is 3.89. The van der Waals surface area contributed by atoms with Gasteiger partial charge in [-0.25, -0.2) is 0 Å². The van der Waals surface area contributed by atoms with E-state index in [1.165, 1.54) is 0 Å². The first-order valence-electron chi connectivity index (χ1n) is 5.80. The van der Waals surface area contributed by atoms with Gasteiger partial charge in [0.25, 0.3) is 0 Å². The van der Waals surface area contributed by atoms with Crippen LogP contribution in [-0.4, -0.2) is 11.5 Å². The van der Waals surface area contributed by atoms with E-state index in [0.29, 0.717) is 0 Å². The minimum atomic E-state index is 0.0491. The minimum Gasteiger partial charge on any atom is -0.304 e. The van der Waals surface area contributed by atoms with Crippen LogP contribution in [0.4, 0.5) is 0 Å². The molecule has 0 bridgehead atoms. The standard InChI is InChI=1S/C13H14BrClN2S/c1-2-6-16-12(13-10(15)5-8-18-13)11-9(14)4-3-7-17-11/h3-5,7-8,12,16H,2,6H2,1H3. The highest BCUT2D eigenvalue weighted by Gasteiger charge is 2.20. The summed E-state index contributed by atoms with van der Waals surface area (Å²) in [6.07, 6.45) is 2.88. The molecular weight excluding hydrogens is 332 g/mol. The van der Waals surface area contributed by atoms with Gasteiger partial charge in [-0.1, -0.05) is 18.5 Å². The molecule has 0 aliphatic carbocycles. The van der Waals surface area contributed by atoms with Crippen LogP contribution in [0.5, 0.6) is 0 Å². The molecule has 1 N–H and O–H groups in total. The summed E-state index contributed by atoms with van der Waals surface area (Å²) in [5, 5.41) is 6.31. The predicted octanol–water partition coefficient (Wildman–Crippen LogP) is 4.65. The molecule has 0 saturated heterocycles. The maximum Gasteiger partial charge on any atom is 0.0871 e. The number of nitrogens with zero attached hydrogens (tertiary/aromatic N) is 1. The molecule has 2 aromatic heterocycles. The van der Waals surface area contributed by atoms with Crippen LogP contribution >= 0.6 is 38.9 Å². The Bertz CT molecular complexity index is 515. The van der Waals surface area contributed by atoms with E-state index in [2.05, 4.69) is 33.2 Å². The number of halogens is 2. The zero-order chi connectivity index (χ0) is 13.0. The molecule has 0 saturated carbocycles. The normalized spacial score (nSPS) is 12.6. The Labute approximate surface area is 125 Å². The first-order chi connectivity index (χ1) is 8.74. The Morgan fingerprint density at radius 1 is 1.50 bits per heavy atom. The SMILES string of the molecule is CCCNC(c1ncccc1Br)c1sccc1Cl. The smallest absolute Gasteiger partial charge is 0.0871 e. The number of thiophene rings is 1. The van der Waals surface area contributed by atoms with Crippen molar-refractivity contribution in [1.82, 2.24) is 10.3 Å². The average molecular weight is 346 g/mol. The molecule has 0 aromatic carbocycles. The Hall–Kier alpha value is -0.420. The van der Waals surface area contributed by atoms with Gasteiger partial charge in [0, 0.05) is 15.5 Å². The molecule has 0 fully saturated rings. The summed E-state index contributed by atoms with van der Waals surface area (Å²) in [7, 11) is 0. The van der Waals surface area contributed by atoms with E-state index in [4.69, 9.17) is 11.6 Å². The number of nitrogens with one attached hydrogen (secondary N) is 1. The van der Waals surface area contributed by atoms with Crippen LogP contribution in [0, 0.1) is 0 Å². The summed E-state index contributed by atoms with van der Waals surface area (Å²) >= 11 is 11.5. The van der Waals surface area contributed by atoms with E-state index in [1.54, 1.807) is 11.3 Å². The van der Waals surface area contributed by atoms with Crippen LogP contribution in [-0.2, 0) is 0 Å². The number of rotatable bonds is 5. The van der Waals surface area contributed by atoms with Gasteiger partial charge in [0.2, 0.25) is 0 Å². The Morgan fingerprint density at radius 2 is 2.33 bits per heavy atom. The fraction of sp³-hybridized carbons (Fsp3) is 0.308. The van der Waals surface area contributed by atoms with E-state index >= 15 is 0 Å². The molecule has 2 rings (SSSR count). The zero-order valence-corrected chi connectivity index (χ0v) is 13.1. The van der Waals surface area contributed by atoms with Crippen molar-refractivity contribution in [3.05, 3.63) is 49.8 Å². The number of aromatic nitrogens is 1. The van der Waals surface area contributed by atoms with Gasteiger partial charge < -0.3 is 5.32 Å². The molecule has 96 valence electrons. The number of hydrogen-bond acceptors (Lipinski definition) is 3. The minimum absolute atomic E-state index is 0.0491. The van der Waals surface area contributed by atoms with Gasteiger partial charge >= 0.3 is 0 Å². The first kappa shape index (κ1) is 14.0. The van der Waals surface area contributed by atoms with Crippen molar-refractivity contribution < 1.29 is 0 Å². The molecule has 2 nitrogen and oxygen atoms in total. The molecule has 0 radical (unpaired) electrons. The van der Waals surface area contributed by atoms with Gasteiger partial charge in [0.05, 0.1) is 16.8 Å². The summed E-state index contributed by atoms with van der Waals surface area (Å²) in [4.78, 5) is 5.58. The highest BCUT2D eigenvalue weighted by Crippen LogP contribution is 2.34. The lowest BCUT2D eigenvalue weighted by Gasteiger charge is -2.18. The van der Waals surface area contributed by atoms with Crippen molar-refractivity contribution >= 4 is 38.9 Å². The van der Waals surface area contributed by atoms with Crippen LogP contribution in [0.15, 0.2) is 34.2 Å². The van der Waals surface area contributed by atoms with Gasteiger partial charge in [-0.05, 0) is 52.5 Å². The van der Waals surface area contributed by atoms with Crippen molar-refractivity contribution in [3.63, 3.8) is 0 Å². The van der Waals surface area contributed by atoms with E-state index < -0.39 is 0 Å². The molecule has 1 unspecified atom stereocenters. The quantitative estimate of drug-likeness (QED) is 0.853. The topological polar surface area (TPSA) is 24.9 Å². The Morgan fingerprint density at radius 3 is 2.94 bits per heavy atom. The highest BCUT2D eigenvalue weighted by molar-refractivity contribution is 9.10. The maximum atomic E-state index is 6.24. The Balaban J connectivity index is 2.37. The lowest BCUT2D eigenvalue weighted by atomic mass is 10.1. The van der Waals surface area contributed by atoms with Gasteiger partial charge in [-0.3, -0.25) is 4.98 Å². The van der Waals surface area contributed by atoms with E-state index in [0.717, 1.165) is 33.0 Å². The fourth-order valence-corrected chi connectivity index (χ4v) is 3.45. The third-order valence-corrected chi connectivity index (χ3v) is 4.66. The summed E-state index contributed by atoms with van der Waals surface area (Å²) in [6.45, 7) is 3.08. The molecule has 0 aliphatic heterocycles. The van der Waals surface area contributed by atoms with Gasteiger partial charge in [-0.2, -0.15) is 0 Å². The Kier molecular flexibility index (Phi) is 5.18. The van der Waals surface area contributed by atoms with E-state index in [-0.39, 0.29) is 6.04 Å². The van der Waals surface area contributed by atoms with Crippen molar-refractivity contribution in [2.24, 2.45) is 0 Å².